The second-order valence-electron chi connectivity index (χ2n) is 21.3. The van der Waals surface area contributed by atoms with E-state index in [1.165, 1.54) is 205 Å². The van der Waals surface area contributed by atoms with Gasteiger partial charge in [-0.3, -0.25) is 14.4 Å². The molecule has 0 rings (SSSR count). The number of allylic oxidation sites excluding steroid dienone is 10. The summed E-state index contributed by atoms with van der Waals surface area (Å²) < 4.78 is 16.9. The van der Waals surface area contributed by atoms with E-state index in [-0.39, 0.29) is 31.1 Å². The van der Waals surface area contributed by atoms with Crippen LogP contribution >= 0.6 is 0 Å². The number of hydrogen-bond donors (Lipinski definition) is 0. The molecule has 0 aliphatic heterocycles. The topological polar surface area (TPSA) is 78.9 Å². The van der Waals surface area contributed by atoms with Crippen LogP contribution in [0.1, 0.15) is 329 Å². The fraction of sp³-hybridized carbons (Fsp3) is 0.806. The average molecular weight is 1020 g/mol. The van der Waals surface area contributed by atoms with E-state index in [4.69, 9.17) is 14.2 Å². The Morgan fingerprint density at radius 3 is 0.849 bits per heavy atom. The van der Waals surface area contributed by atoms with Crippen molar-refractivity contribution in [1.29, 1.82) is 0 Å². The number of rotatable bonds is 58. The third-order valence-electron chi connectivity index (χ3n) is 14.0. The molecular weight excluding hydrogens is 901 g/mol. The molecule has 0 saturated carbocycles. The van der Waals surface area contributed by atoms with Crippen LogP contribution in [0.4, 0.5) is 0 Å². The Morgan fingerprint density at radius 1 is 0.288 bits per heavy atom. The molecule has 0 aliphatic carbocycles. The van der Waals surface area contributed by atoms with Gasteiger partial charge in [0.2, 0.25) is 0 Å². The van der Waals surface area contributed by atoms with Crippen molar-refractivity contribution < 1.29 is 28.6 Å². The first kappa shape index (κ1) is 70.1. The molecule has 0 heterocycles. The number of ether oxygens (including phenoxy) is 3. The third-order valence-corrected chi connectivity index (χ3v) is 14.0. The number of unbranched alkanes of at least 4 members (excludes halogenated alkanes) is 37. The van der Waals surface area contributed by atoms with Crippen LogP contribution < -0.4 is 0 Å². The lowest BCUT2D eigenvalue weighted by Crippen LogP contribution is -2.30. The zero-order valence-electron chi connectivity index (χ0n) is 48.7. The summed E-state index contributed by atoms with van der Waals surface area (Å²) in [6.07, 6.45) is 78.1. The fourth-order valence-electron chi connectivity index (χ4n) is 9.25. The van der Waals surface area contributed by atoms with Crippen LogP contribution in [0.5, 0.6) is 0 Å². The van der Waals surface area contributed by atoms with Crippen molar-refractivity contribution in [2.24, 2.45) is 0 Å². The summed E-state index contributed by atoms with van der Waals surface area (Å²) in [5.74, 6) is -0.861. The molecule has 0 radical (unpaired) electrons. The minimum absolute atomic E-state index is 0.0717. The minimum Gasteiger partial charge on any atom is -0.462 e. The van der Waals surface area contributed by atoms with Gasteiger partial charge in [0, 0.05) is 19.3 Å². The largest absolute Gasteiger partial charge is 0.462 e. The van der Waals surface area contributed by atoms with Crippen LogP contribution in [0.15, 0.2) is 60.8 Å². The van der Waals surface area contributed by atoms with Crippen molar-refractivity contribution in [1.82, 2.24) is 0 Å². The molecule has 1 unspecified atom stereocenters. The van der Waals surface area contributed by atoms with Crippen LogP contribution in [-0.2, 0) is 28.6 Å². The highest BCUT2D eigenvalue weighted by atomic mass is 16.6. The molecule has 0 spiro atoms. The van der Waals surface area contributed by atoms with Crippen molar-refractivity contribution >= 4 is 17.9 Å². The highest BCUT2D eigenvalue weighted by molar-refractivity contribution is 5.71. The smallest absolute Gasteiger partial charge is 0.306 e. The van der Waals surface area contributed by atoms with Crippen LogP contribution in [0, 0.1) is 0 Å². The second kappa shape index (κ2) is 61.7. The number of carbonyl (C=O) groups is 3. The minimum atomic E-state index is -0.773. The molecule has 0 saturated heterocycles. The molecule has 0 amide bonds. The molecule has 0 fully saturated rings. The Morgan fingerprint density at radius 2 is 0.534 bits per heavy atom. The van der Waals surface area contributed by atoms with Gasteiger partial charge in [0.25, 0.3) is 0 Å². The number of carbonyl (C=O) groups excluding carboxylic acids is 3. The third kappa shape index (κ3) is 59.9. The lowest BCUT2D eigenvalue weighted by Gasteiger charge is -2.18. The molecule has 424 valence electrons. The van der Waals surface area contributed by atoms with Gasteiger partial charge >= 0.3 is 17.9 Å². The second-order valence-corrected chi connectivity index (χ2v) is 21.3. The van der Waals surface area contributed by atoms with Gasteiger partial charge in [-0.1, -0.05) is 287 Å². The van der Waals surface area contributed by atoms with Gasteiger partial charge in [-0.05, 0) is 83.5 Å². The Balaban J connectivity index is 4.19. The Bertz CT molecular complexity index is 1310. The molecule has 0 aromatic rings. The van der Waals surface area contributed by atoms with Gasteiger partial charge in [0.15, 0.2) is 6.10 Å². The van der Waals surface area contributed by atoms with E-state index in [1.807, 2.05) is 0 Å². The zero-order valence-corrected chi connectivity index (χ0v) is 48.7. The highest BCUT2D eigenvalue weighted by Crippen LogP contribution is 2.17. The quantitative estimate of drug-likeness (QED) is 0.0261. The van der Waals surface area contributed by atoms with Crippen molar-refractivity contribution in [3.63, 3.8) is 0 Å². The monoisotopic (exact) mass is 1020 g/mol. The van der Waals surface area contributed by atoms with E-state index in [0.717, 1.165) is 83.5 Å². The van der Waals surface area contributed by atoms with Crippen molar-refractivity contribution in [3.05, 3.63) is 60.8 Å². The number of hydrogen-bond acceptors (Lipinski definition) is 6. The van der Waals surface area contributed by atoms with E-state index >= 15 is 0 Å². The summed E-state index contributed by atoms with van der Waals surface area (Å²) >= 11 is 0. The molecule has 6 heteroatoms. The first-order chi connectivity index (χ1) is 36.0. The number of esters is 3. The molecule has 0 N–H and O–H groups in total. The SMILES string of the molecule is CC/C=C\C/C=C\C/C=C\C/C=C\CCCCCCCCCCCCCCCCC(=O)OCC(COC(=O)CCCCCCCCCCCC)OC(=O)CCCCCCCCC/C=C\CCCCCCCCC. The average Bonchev–Trinajstić information content (AvgIpc) is 3.39. The van der Waals surface area contributed by atoms with Gasteiger partial charge in [-0.2, -0.15) is 0 Å². The summed E-state index contributed by atoms with van der Waals surface area (Å²) in [5.41, 5.74) is 0. The van der Waals surface area contributed by atoms with Crippen LogP contribution in [-0.4, -0.2) is 37.2 Å². The lowest BCUT2D eigenvalue weighted by atomic mass is 10.0. The first-order valence-electron chi connectivity index (χ1n) is 31.8. The predicted molar refractivity (Wildman–Crippen MR) is 316 cm³/mol. The Labute approximate surface area is 453 Å². The normalized spacial score (nSPS) is 12.4. The fourth-order valence-corrected chi connectivity index (χ4v) is 9.25. The van der Waals surface area contributed by atoms with Crippen LogP contribution in [0.25, 0.3) is 0 Å². The summed E-state index contributed by atoms with van der Waals surface area (Å²) in [7, 11) is 0. The van der Waals surface area contributed by atoms with Gasteiger partial charge in [0.1, 0.15) is 13.2 Å². The summed E-state index contributed by atoms with van der Waals surface area (Å²) in [5, 5.41) is 0. The first-order valence-corrected chi connectivity index (χ1v) is 31.8. The molecule has 6 nitrogen and oxygen atoms in total. The van der Waals surface area contributed by atoms with Gasteiger partial charge in [0.05, 0.1) is 0 Å². The zero-order chi connectivity index (χ0) is 52.9. The van der Waals surface area contributed by atoms with Gasteiger partial charge in [-0.15, -0.1) is 0 Å². The van der Waals surface area contributed by atoms with Crippen molar-refractivity contribution in [3.8, 4) is 0 Å². The van der Waals surface area contributed by atoms with Gasteiger partial charge < -0.3 is 14.2 Å². The van der Waals surface area contributed by atoms with Crippen LogP contribution in [0.3, 0.4) is 0 Å². The predicted octanol–water partition coefficient (Wildman–Crippen LogP) is 21.6. The van der Waals surface area contributed by atoms with E-state index in [1.54, 1.807) is 0 Å². The van der Waals surface area contributed by atoms with E-state index < -0.39 is 6.10 Å². The molecule has 73 heavy (non-hydrogen) atoms. The molecular formula is C67H120O6. The van der Waals surface area contributed by atoms with Gasteiger partial charge in [-0.25, -0.2) is 0 Å². The summed E-state index contributed by atoms with van der Waals surface area (Å²) in [4.78, 5) is 38.2. The maximum absolute atomic E-state index is 12.9. The van der Waals surface area contributed by atoms with Crippen LogP contribution in [0.2, 0.25) is 0 Å². The lowest BCUT2D eigenvalue weighted by molar-refractivity contribution is -0.167. The van der Waals surface area contributed by atoms with E-state index in [0.29, 0.717) is 19.3 Å². The Hall–Kier alpha value is -2.89. The molecule has 0 aliphatic rings. The molecule has 0 aromatic carbocycles. The maximum Gasteiger partial charge on any atom is 0.306 e. The summed E-state index contributed by atoms with van der Waals surface area (Å²) in [6, 6.07) is 0. The molecule has 0 bridgehead atoms. The van der Waals surface area contributed by atoms with Crippen molar-refractivity contribution in [2.45, 2.75) is 335 Å². The maximum atomic E-state index is 12.9. The van der Waals surface area contributed by atoms with E-state index in [2.05, 4.69) is 81.5 Å². The van der Waals surface area contributed by atoms with Crippen molar-refractivity contribution in [2.75, 3.05) is 13.2 Å². The van der Waals surface area contributed by atoms with E-state index in [9.17, 15) is 14.4 Å². The highest BCUT2D eigenvalue weighted by Gasteiger charge is 2.19. The summed E-state index contributed by atoms with van der Waals surface area (Å²) in [6.45, 7) is 6.55. The molecule has 1 atom stereocenters. The standard InChI is InChI=1S/C67H120O6/c1-4-7-10-13-16-19-22-24-26-28-30-31-32-33-34-35-36-37-38-40-41-43-45-48-51-54-57-60-66(69)72-63-64(62-71-65(68)59-56-53-50-47-21-18-15-12-9-6-3)73-67(70)61-58-55-52-49-46-44-42-39-29-27-25-23-20-17-14-11-8-5-2/h7,10,16,19,24,26-27,29-31,64H,4-6,8-9,11-15,17-18,20-23,25,28,32-63H2,1-3H3/b10-7-,19-16-,26-24-,29-27-,31-30-. The molecule has 0 aromatic heterocycles. The Kier molecular flexibility index (Phi) is 59.2.